The van der Waals surface area contributed by atoms with E-state index >= 15 is 0 Å². The normalized spacial score (nSPS) is 9.83. The van der Waals surface area contributed by atoms with E-state index in [1.807, 2.05) is 6.07 Å². The summed E-state index contributed by atoms with van der Waals surface area (Å²) >= 11 is 0. The first-order valence-electron chi connectivity index (χ1n) is 5.29. The second kappa shape index (κ2) is 4.67. The zero-order valence-corrected chi connectivity index (χ0v) is 10.0. The number of benzene rings is 1. The molecule has 1 N–H and O–H groups in total. The first-order valence-corrected chi connectivity index (χ1v) is 5.29. The number of nitriles is 1. The molecular weight excluding hydrogens is 230 g/mol. The smallest absolute Gasteiger partial charge is 0.258 e. The molecule has 1 aromatic carbocycles. The highest BCUT2D eigenvalue weighted by Gasteiger charge is 2.10. The standard InChI is InChI=1S/C12H11N5O/c1-8-14-12(17(2)16-8)15-11(18)10-5-3-4-9(6-10)7-13/h3-6H,1-2H3,(H,14,15,16,18). The van der Waals surface area contributed by atoms with Gasteiger partial charge in [-0.3, -0.25) is 10.1 Å². The van der Waals surface area contributed by atoms with Crippen LogP contribution in [-0.2, 0) is 7.05 Å². The Hall–Kier alpha value is -2.68. The van der Waals surface area contributed by atoms with E-state index in [0.717, 1.165) is 0 Å². The fraction of sp³-hybridized carbons (Fsp3) is 0.167. The van der Waals surface area contributed by atoms with Crippen molar-refractivity contribution in [3.63, 3.8) is 0 Å². The number of nitrogens with zero attached hydrogens (tertiary/aromatic N) is 4. The zero-order chi connectivity index (χ0) is 13.1. The molecule has 0 aliphatic rings. The van der Waals surface area contributed by atoms with Crippen molar-refractivity contribution in [1.82, 2.24) is 14.8 Å². The first kappa shape index (κ1) is 11.8. The third-order valence-electron chi connectivity index (χ3n) is 2.35. The van der Waals surface area contributed by atoms with Crippen LogP contribution in [0.3, 0.4) is 0 Å². The molecule has 1 amide bonds. The summed E-state index contributed by atoms with van der Waals surface area (Å²) in [5, 5.41) is 15.4. The van der Waals surface area contributed by atoms with E-state index in [0.29, 0.717) is 22.9 Å². The Balaban J connectivity index is 2.22. The third-order valence-corrected chi connectivity index (χ3v) is 2.35. The van der Waals surface area contributed by atoms with Crippen LogP contribution in [-0.4, -0.2) is 20.7 Å². The van der Waals surface area contributed by atoms with E-state index in [9.17, 15) is 4.79 Å². The van der Waals surface area contributed by atoms with Gasteiger partial charge in [0.15, 0.2) is 0 Å². The van der Waals surface area contributed by atoms with E-state index in [4.69, 9.17) is 5.26 Å². The summed E-state index contributed by atoms with van der Waals surface area (Å²) in [6.45, 7) is 1.74. The lowest BCUT2D eigenvalue weighted by molar-refractivity contribution is 0.102. The van der Waals surface area contributed by atoms with Gasteiger partial charge in [0, 0.05) is 12.6 Å². The molecule has 2 rings (SSSR count). The second-order valence-electron chi connectivity index (χ2n) is 3.75. The predicted octanol–water partition coefficient (Wildman–Crippen LogP) is 1.25. The van der Waals surface area contributed by atoms with Crippen LogP contribution in [0.25, 0.3) is 0 Å². The molecule has 0 aliphatic carbocycles. The lowest BCUT2D eigenvalue weighted by Gasteiger charge is -2.03. The molecule has 2 aromatic rings. The number of amides is 1. The topological polar surface area (TPSA) is 83.6 Å². The minimum atomic E-state index is -0.317. The van der Waals surface area contributed by atoms with Crippen LogP contribution < -0.4 is 5.32 Å². The van der Waals surface area contributed by atoms with E-state index in [2.05, 4.69) is 15.4 Å². The molecule has 1 heterocycles. The average molecular weight is 241 g/mol. The van der Waals surface area contributed by atoms with Gasteiger partial charge in [-0.1, -0.05) is 6.07 Å². The lowest BCUT2D eigenvalue weighted by atomic mass is 10.1. The number of rotatable bonds is 2. The molecule has 0 spiro atoms. The summed E-state index contributed by atoms with van der Waals surface area (Å²) in [4.78, 5) is 16.0. The van der Waals surface area contributed by atoms with Crippen molar-refractivity contribution in [3.05, 3.63) is 41.2 Å². The molecule has 0 unspecified atom stereocenters. The highest BCUT2D eigenvalue weighted by atomic mass is 16.1. The van der Waals surface area contributed by atoms with Crippen molar-refractivity contribution in [2.75, 3.05) is 5.32 Å². The van der Waals surface area contributed by atoms with Crippen molar-refractivity contribution >= 4 is 11.9 Å². The molecule has 0 saturated carbocycles. The van der Waals surface area contributed by atoms with Gasteiger partial charge in [-0.2, -0.15) is 15.3 Å². The van der Waals surface area contributed by atoms with Gasteiger partial charge in [-0.15, -0.1) is 0 Å². The molecule has 18 heavy (non-hydrogen) atoms. The molecular formula is C12H11N5O. The number of anilines is 1. The van der Waals surface area contributed by atoms with Gasteiger partial charge < -0.3 is 0 Å². The summed E-state index contributed by atoms with van der Waals surface area (Å²) in [7, 11) is 1.70. The SMILES string of the molecule is Cc1nc(NC(=O)c2cccc(C#N)c2)n(C)n1. The van der Waals surface area contributed by atoms with Crippen molar-refractivity contribution in [2.24, 2.45) is 7.05 Å². The number of carbonyl (C=O) groups is 1. The highest BCUT2D eigenvalue weighted by molar-refractivity contribution is 6.03. The molecule has 0 saturated heterocycles. The third kappa shape index (κ3) is 2.35. The van der Waals surface area contributed by atoms with Crippen LogP contribution in [0.2, 0.25) is 0 Å². The maximum Gasteiger partial charge on any atom is 0.258 e. The summed E-state index contributed by atoms with van der Waals surface area (Å²) in [6, 6.07) is 8.46. The van der Waals surface area contributed by atoms with Gasteiger partial charge in [0.1, 0.15) is 5.82 Å². The van der Waals surface area contributed by atoms with Crippen molar-refractivity contribution in [1.29, 1.82) is 5.26 Å². The van der Waals surface area contributed by atoms with Crippen LogP contribution in [0.15, 0.2) is 24.3 Å². The molecule has 90 valence electrons. The number of hydrogen-bond acceptors (Lipinski definition) is 4. The van der Waals surface area contributed by atoms with Crippen LogP contribution in [0.4, 0.5) is 5.95 Å². The number of hydrogen-bond donors (Lipinski definition) is 1. The highest BCUT2D eigenvalue weighted by Crippen LogP contribution is 2.08. The molecule has 0 aliphatic heterocycles. The van der Waals surface area contributed by atoms with Crippen LogP contribution >= 0.6 is 0 Å². The molecule has 0 radical (unpaired) electrons. The molecule has 0 bridgehead atoms. The second-order valence-corrected chi connectivity index (χ2v) is 3.75. The zero-order valence-electron chi connectivity index (χ0n) is 10.0. The van der Waals surface area contributed by atoms with Crippen LogP contribution in [0, 0.1) is 18.3 Å². The lowest BCUT2D eigenvalue weighted by Crippen LogP contribution is -2.15. The minimum Gasteiger partial charge on any atom is -0.291 e. The number of nitrogens with one attached hydrogen (secondary N) is 1. The minimum absolute atomic E-state index is 0.317. The van der Waals surface area contributed by atoms with Crippen molar-refractivity contribution in [3.8, 4) is 6.07 Å². The largest absolute Gasteiger partial charge is 0.291 e. The number of carbonyl (C=O) groups excluding carboxylic acids is 1. The summed E-state index contributed by atoms with van der Waals surface area (Å²) in [5.41, 5.74) is 0.853. The van der Waals surface area contributed by atoms with E-state index < -0.39 is 0 Å². The van der Waals surface area contributed by atoms with Crippen LogP contribution in [0.1, 0.15) is 21.7 Å². The van der Waals surface area contributed by atoms with Gasteiger partial charge >= 0.3 is 0 Å². The summed E-state index contributed by atoms with van der Waals surface area (Å²) < 4.78 is 1.49. The van der Waals surface area contributed by atoms with Gasteiger partial charge in [0.25, 0.3) is 5.91 Å². The van der Waals surface area contributed by atoms with Gasteiger partial charge in [0.05, 0.1) is 11.6 Å². The molecule has 0 atom stereocenters. The molecule has 6 heteroatoms. The summed E-state index contributed by atoms with van der Waals surface area (Å²) in [5.74, 6) is 0.640. The Bertz CT molecular complexity index is 638. The first-order chi connectivity index (χ1) is 8.60. The summed E-state index contributed by atoms with van der Waals surface area (Å²) in [6.07, 6.45) is 0. The molecule has 1 aromatic heterocycles. The molecule has 6 nitrogen and oxygen atoms in total. The Kier molecular flexibility index (Phi) is 3.06. The van der Waals surface area contributed by atoms with Crippen LogP contribution in [0.5, 0.6) is 0 Å². The maximum atomic E-state index is 11.9. The maximum absolute atomic E-state index is 11.9. The predicted molar refractivity (Wildman–Crippen MR) is 64.9 cm³/mol. The Morgan fingerprint density at radius 2 is 2.28 bits per heavy atom. The quantitative estimate of drug-likeness (QED) is 0.857. The van der Waals surface area contributed by atoms with Crippen molar-refractivity contribution in [2.45, 2.75) is 6.92 Å². The Morgan fingerprint density at radius 3 is 2.89 bits per heavy atom. The monoisotopic (exact) mass is 241 g/mol. The van der Waals surface area contributed by atoms with E-state index in [-0.39, 0.29) is 5.91 Å². The van der Waals surface area contributed by atoms with E-state index in [1.165, 1.54) is 10.7 Å². The van der Waals surface area contributed by atoms with Gasteiger partial charge in [-0.05, 0) is 25.1 Å². The fourth-order valence-corrected chi connectivity index (χ4v) is 1.52. The van der Waals surface area contributed by atoms with Gasteiger partial charge in [-0.25, -0.2) is 4.68 Å². The Labute approximate surface area is 104 Å². The fourth-order valence-electron chi connectivity index (χ4n) is 1.52. The Morgan fingerprint density at radius 1 is 1.50 bits per heavy atom. The number of aryl methyl sites for hydroxylation is 2. The van der Waals surface area contributed by atoms with Crippen molar-refractivity contribution < 1.29 is 4.79 Å². The van der Waals surface area contributed by atoms with Gasteiger partial charge in [0.2, 0.25) is 5.95 Å². The number of aromatic nitrogens is 3. The molecule has 0 fully saturated rings. The average Bonchev–Trinajstić information content (AvgIpc) is 2.68. The van der Waals surface area contributed by atoms with E-state index in [1.54, 1.807) is 32.2 Å².